The molecule has 2 aliphatic heterocycles. The number of halogens is 1. The Morgan fingerprint density at radius 2 is 2.07 bits per heavy atom. The molecule has 0 aromatic heterocycles. The minimum atomic E-state index is -0.465. The highest BCUT2D eigenvalue weighted by atomic mass is 35.5. The smallest absolute Gasteiger partial charge is 0.244 e. The topological polar surface area (TPSA) is 65.0 Å². The molecule has 2 heterocycles. The maximum Gasteiger partial charge on any atom is 0.244 e. The molecule has 1 saturated heterocycles. The second-order valence-electron chi connectivity index (χ2n) is 7.17. The standard InChI is InChI=1S/C21H21ClN4O2S/c1-13-6-7-17(8-14(13)2)25-11-23-21-26(12-25)20(28)18(29-21)10-19(27)24-16-5-3-4-15(22)9-16/h3-9,18H,10-12H2,1-2H3,(H,24,27). The van der Waals surface area contributed by atoms with E-state index < -0.39 is 5.25 Å². The number of carbonyl (C=O) groups is 2. The van der Waals surface area contributed by atoms with Crippen molar-refractivity contribution < 1.29 is 9.59 Å². The van der Waals surface area contributed by atoms with E-state index in [4.69, 9.17) is 11.6 Å². The Bertz CT molecular complexity index is 1010. The van der Waals surface area contributed by atoms with Crippen molar-refractivity contribution in [1.29, 1.82) is 0 Å². The normalized spacial score (nSPS) is 18.5. The molecule has 1 atom stereocenters. The Balaban J connectivity index is 1.41. The summed E-state index contributed by atoms with van der Waals surface area (Å²) in [4.78, 5) is 33.6. The maximum atomic E-state index is 12.9. The van der Waals surface area contributed by atoms with Gasteiger partial charge in [-0.2, -0.15) is 0 Å². The molecule has 1 unspecified atom stereocenters. The van der Waals surface area contributed by atoms with Crippen molar-refractivity contribution in [2.45, 2.75) is 25.5 Å². The van der Waals surface area contributed by atoms with Gasteiger partial charge in [0.2, 0.25) is 11.8 Å². The van der Waals surface area contributed by atoms with Crippen molar-refractivity contribution in [2.75, 3.05) is 23.6 Å². The van der Waals surface area contributed by atoms with Crippen LogP contribution in [0, 0.1) is 13.8 Å². The van der Waals surface area contributed by atoms with E-state index in [0.717, 1.165) is 5.69 Å². The molecule has 1 fully saturated rings. The van der Waals surface area contributed by atoms with Gasteiger partial charge in [-0.1, -0.05) is 35.5 Å². The summed E-state index contributed by atoms with van der Waals surface area (Å²) in [7, 11) is 0. The molecule has 2 aromatic rings. The fraction of sp³-hybridized carbons (Fsp3) is 0.286. The van der Waals surface area contributed by atoms with Crippen molar-refractivity contribution in [3.63, 3.8) is 0 Å². The molecule has 2 aliphatic rings. The van der Waals surface area contributed by atoms with Crippen LogP contribution in [0.25, 0.3) is 0 Å². The second kappa shape index (κ2) is 8.08. The molecule has 150 valence electrons. The maximum absolute atomic E-state index is 12.9. The number of nitrogens with one attached hydrogen (secondary N) is 1. The minimum Gasteiger partial charge on any atom is -0.334 e. The first kappa shape index (κ1) is 19.8. The van der Waals surface area contributed by atoms with Gasteiger partial charge < -0.3 is 10.2 Å². The van der Waals surface area contributed by atoms with Crippen molar-refractivity contribution in [2.24, 2.45) is 4.99 Å². The number of carbonyl (C=O) groups excluding carboxylic acids is 2. The largest absolute Gasteiger partial charge is 0.334 e. The third kappa shape index (κ3) is 4.26. The van der Waals surface area contributed by atoms with Gasteiger partial charge in [0.25, 0.3) is 0 Å². The molecule has 8 heteroatoms. The number of benzene rings is 2. The average Bonchev–Trinajstić information content (AvgIpc) is 2.99. The van der Waals surface area contributed by atoms with E-state index in [2.05, 4.69) is 41.2 Å². The van der Waals surface area contributed by atoms with Gasteiger partial charge in [0.05, 0.1) is 0 Å². The van der Waals surface area contributed by atoms with E-state index in [1.165, 1.54) is 22.9 Å². The lowest BCUT2D eigenvalue weighted by Gasteiger charge is -2.32. The first-order chi connectivity index (χ1) is 13.9. The molecule has 0 bridgehead atoms. The van der Waals surface area contributed by atoms with Crippen LogP contribution in [-0.4, -0.2) is 40.5 Å². The summed E-state index contributed by atoms with van der Waals surface area (Å²) < 4.78 is 0. The third-order valence-electron chi connectivity index (χ3n) is 5.04. The summed E-state index contributed by atoms with van der Waals surface area (Å²) in [5.41, 5.74) is 4.09. The van der Waals surface area contributed by atoms with Crippen molar-refractivity contribution in [3.8, 4) is 0 Å². The highest BCUT2D eigenvalue weighted by Crippen LogP contribution is 2.33. The fourth-order valence-electron chi connectivity index (χ4n) is 3.28. The predicted molar refractivity (Wildman–Crippen MR) is 118 cm³/mol. The molecule has 0 radical (unpaired) electrons. The lowest BCUT2D eigenvalue weighted by Crippen LogP contribution is -2.46. The molecule has 0 saturated carbocycles. The quantitative estimate of drug-likeness (QED) is 0.798. The number of aliphatic imine (C=N–C) groups is 1. The third-order valence-corrected chi connectivity index (χ3v) is 6.49. The van der Waals surface area contributed by atoms with Gasteiger partial charge in [-0.05, 0) is 55.3 Å². The Hall–Kier alpha value is -2.51. The van der Waals surface area contributed by atoms with Crippen LogP contribution < -0.4 is 10.2 Å². The number of aryl methyl sites for hydroxylation is 2. The van der Waals surface area contributed by atoms with Crippen LogP contribution in [0.3, 0.4) is 0 Å². The summed E-state index contributed by atoms with van der Waals surface area (Å²) in [5, 5.41) is 3.57. The number of nitrogens with zero attached hydrogens (tertiary/aromatic N) is 3. The number of hydrogen-bond acceptors (Lipinski definition) is 5. The fourth-order valence-corrected chi connectivity index (χ4v) is 4.60. The molecule has 0 spiro atoms. The predicted octanol–water partition coefficient (Wildman–Crippen LogP) is 4.02. The summed E-state index contributed by atoms with van der Waals surface area (Å²) in [5.74, 6) is -0.298. The van der Waals surface area contributed by atoms with E-state index in [9.17, 15) is 9.59 Å². The van der Waals surface area contributed by atoms with Gasteiger partial charge in [0.15, 0.2) is 5.17 Å². The first-order valence-electron chi connectivity index (χ1n) is 9.31. The lowest BCUT2D eigenvalue weighted by atomic mass is 10.1. The zero-order valence-electron chi connectivity index (χ0n) is 16.2. The zero-order chi connectivity index (χ0) is 20.5. The monoisotopic (exact) mass is 428 g/mol. The van der Waals surface area contributed by atoms with Gasteiger partial charge >= 0.3 is 0 Å². The van der Waals surface area contributed by atoms with Crippen LogP contribution in [-0.2, 0) is 9.59 Å². The van der Waals surface area contributed by atoms with Gasteiger partial charge in [0, 0.05) is 22.8 Å². The Labute approximate surface area is 178 Å². The lowest BCUT2D eigenvalue weighted by molar-refractivity contribution is -0.128. The first-order valence-corrected chi connectivity index (χ1v) is 10.6. The van der Waals surface area contributed by atoms with E-state index in [-0.39, 0.29) is 18.2 Å². The van der Waals surface area contributed by atoms with Crippen LogP contribution in [0.4, 0.5) is 11.4 Å². The molecule has 1 N–H and O–H groups in total. The highest BCUT2D eigenvalue weighted by molar-refractivity contribution is 8.15. The number of rotatable bonds is 4. The molecule has 29 heavy (non-hydrogen) atoms. The molecule has 2 aromatic carbocycles. The Kier molecular flexibility index (Phi) is 5.52. The van der Waals surface area contributed by atoms with Gasteiger partial charge in [0.1, 0.15) is 18.6 Å². The second-order valence-corrected chi connectivity index (χ2v) is 8.77. The highest BCUT2D eigenvalue weighted by Gasteiger charge is 2.41. The van der Waals surface area contributed by atoms with Crippen molar-refractivity contribution in [3.05, 3.63) is 58.6 Å². The summed E-state index contributed by atoms with van der Waals surface area (Å²) in [6.45, 7) is 5.09. The number of amides is 2. The molecule has 4 rings (SSSR count). The molecular weight excluding hydrogens is 408 g/mol. The average molecular weight is 429 g/mol. The van der Waals surface area contributed by atoms with Gasteiger partial charge in [-0.25, -0.2) is 4.99 Å². The van der Waals surface area contributed by atoms with Gasteiger partial charge in [-0.3, -0.25) is 14.5 Å². The zero-order valence-corrected chi connectivity index (χ0v) is 17.8. The Morgan fingerprint density at radius 3 is 2.83 bits per heavy atom. The van der Waals surface area contributed by atoms with Crippen LogP contribution >= 0.6 is 23.4 Å². The van der Waals surface area contributed by atoms with Crippen LogP contribution in [0.2, 0.25) is 5.02 Å². The van der Waals surface area contributed by atoms with Crippen LogP contribution in [0.15, 0.2) is 47.5 Å². The molecule has 0 aliphatic carbocycles. The van der Waals surface area contributed by atoms with Gasteiger partial charge in [-0.15, -0.1) is 0 Å². The number of fused-ring (bicyclic) bond motifs is 1. The van der Waals surface area contributed by atoms with Crippen molar-refractivity contribution in [1.82, 2.24) is 4.90 Å². The van der Waals surface area contributed by atoms with E-state index in [1.807, 2.05) is 6.07 Å². The van der Waals surface area contributed by atoms with Crippen LogP contribution in [0.1, 0.15) is 17.5 Å². The van der Waals surface area contributed by atoms with Crippen LogP contribution in [0.5, 0.6) is 0 Å². The Morgan fingerprint density at radius 1 is 1.24 bits per heavy atom. The van der Waals surface area contributed by atoms with Crippen molar-refractivity contribution >= 4 is 51.7 Å². The van der Waals surface area contributed by atoms with E-state index >= 15 is 0 Å². The number of thioether (sulfide) groups is 1. The van der Waals surface area contributed by atoms with E-state index in [0.29, 0.717) is 29.2 Å². The minimum absolute atomic E-state index is 0.0801. The molecular formula is C21H21ClN4O2S. The van der Waals surface area contributed by atoms with E-state index in [1.54, 1.807) is 29.2 Å². The number of amidine groups is 1. The molecule has 2 amide bonds. The molecule has 6 nitrogen and oxygen atoms in total. The number of hydrogen-bond donors (Lipinski definition) is 1. The summed E-state index contributed by atoms with van der Waals surface area (Å²) in [6.07, 6.45) is 0.0924. The summed E-state index contributed by atoms with van der Waals surface area (Å²) in [6, 6.07) is 13.2. The number of anilines is 2. The summed E-state index contributed by atoms with van der Waals surface area (Å²) >= 11 is 7.31. The SMILES string of the molecule is Cc1ccc(N2CN=C3SC(CC(=O)Nc4cccc(Cl)c4)C(=O)N3C2)cc1C.